The Hall–Kier alpha value is -2.40. The predicted molar refractivity (Wildman–Crippen MR) is 104 cm³/mol. The van der Waals surface area contributed by atoms with Gasteiger partial charge in [-0.05, 0) is 12.1 Å². The minimum absolute atomic E-state index is 0. The minimum atomic E-state index is -0.824. The van der Waals surface area contributed by atoms with E-state index >= 15 is 0 Å². The molecule has 29 heavy (non-hydrogen) atoms. The summed E-state index contributed by atoms with van der Waals surface area (Å²) in [4.78, 5) is 0. The molecule has 2 aliphatic carbocycles. The molecule has 2 nitrogen and oxygen atoms in total. The van der Waals surface area contributed by atoms with Crippen molar-refractivity contribution < 1.29 is 43.8 Å². The monoisotopic (exact) mass is 476 g/mol. The molecule has 2 aliphatic rings. The molecule has 0 aliphatic heterocycles. The maximum absolute atomic E-state index is 12.2. The number of hydrogen-bond acceptors (Lipinski definition) is 0. The van der Waals surface area contributed by atoms with Crippen LogP contribution in [0.1, 0.15) is 12.8 Å². The molecule has 0 amide bonds. The second-order valence-electron chi connectivity index (χ2n) is 5.25. The van der Waals surface area contributed by atoms with Crippen LogP contribution in [0, 0.1) is 35.4 Å². The molecule has 4 rings (SSSR count). The average Bonchev–Trinajstić information content (AvgIpc) is 3.41. The van der Waals surface area contributed by atoms with Crippen molar-refractivity contribution in [2.45, 2.75) is 12.8 Å². The fraction of sp³-hybridized carbons (Fsp3) is 0.0909. The zero-order valence-corrected chi connectivity index (χ0v) is 17.8. The Morgan fingerprint density at radius 2 is 1.03 bits per heavy atom. The van der Waals surface area contributed by atoms with Crippen molar-refractivity contribution >= 4 is 11.4 Å². The standard InChI is InChI=1S/2C6H4F2N.2C5H5.Zr/c2*7-4-1-2-6(9)5(8)3-4;2*1-2-4-5-3-1;/h2*1-3,9H;2*1-3H,4H2;/q4*-1;+4. The first kappa shape index (κ1) is 26.6. The molecule has 7 heteroatoms. The summed E-state index contributed by atoms with van der Waals surface area (Å²) in [5.41, 5.74) is 13.0. The van der Waals surface area contributed by atoms with E-state index in [0.717, 1.165) is 37.1 Å². The van der Waals surface area contributed by atoms with Gasteiger partial charge in [-0.2, -0.15) is 12.2 Å². The zero-order chi connectivity index (χ0) is 20.8. The molecule has 2 aromatic carbocycles. The normalized spacial score (nSPS) is 12.0. The molecule has 0 saturated carbocycles. The van der Waals surface area contributed by atoms with Gasteiger partial charge in [-0.15, -0.1) is 24.2 Å². The number of allylic oxidation sites excluding steroid dienone is 8. The van der Waals surface area contributed by atoms with Crippen LogP contribution in [0.2, 0.25) is 0 Å². The van der Waals surface area contributed by atoms with E-state index in [1.165, 1.54) is 0 Å². The smallest absolute Gasteiger partial charge is 0.696 e. The Morgan fingerprint density at radius 3 is 1.21 bits per heavy atom. The first-order valence-electron chi connectivity index (χ1n) is 8.17. The van der Waals surface area contributed by atoms with Gasteiger partial charge in [-0.25, -0.2) is 41.9 Å². The molecule has 0 spiro atoms. The summed E-state index contributed by atoms with van der Waals surface area (Å²) in [5, 5.41) is 0. The third-order valence-electron chi connectivity index (χ3n) is 3.03. The molecule has 2 N–H and O–H groups in total. The minimum Gasteiger partial charge on any atom is -0.696 e. The van der Waals surface area contributed by atoms with Crippen LogP contribution >= 0.6 is 0 Å². The molecule has 0 saturated heterocycles. The second-order valence-corrected chi connectivity index (χ2v) is 5.25. The Bertz CT molecular complexity index is 770. The van der Waals surface area contributed by atoms with Crippen molar-refractivity contribution in [3.63, 3.8) is 0 Å². The van der Waals surface area contributed by atoms with Crippen LogP contribution in [0.4, 0.5) is 28.9 Å². The van der Waals surface area contributed by atoms with E-state index in [1.807, 2.05) is 24.3 Å². The number of benzene rings is 2. The van der Waals surface area contributed by atoms with Crippen LogP contribution in [0.5, 0.6) is 0 Å². The number of halogens is 4. The number of rotatable bonds is 0. The van der Waals surface area contributed by atoms with Gasteiger partial charge in [-0.1, -0.05) is 12.1 Å². The molecule has 0 fully saturated rings. The second kappa shape index (κ2) is 15.5. The Balaban J connectivity index is 0.000000369. The van der Waals surface area contributed by atoms with E-state index < -0.39 is 23.3 Å². The van der Waals surface area contributed by atoms with Gasteiger partial charge in [0.15, 0.2) is 0 Å². The maximum Gasteiger partial charge on any atom is 4.00 e. The van der Waals surface area contributed by atoms with Crippen molar-refractivity contribution in [3.05, 3.63) is 120 Å². The van der Waals surface area contributed by atoms with Gasteiger partial charge >= 0.3 is 26.2 Å². The van der Waals surface area contributed by atoms with Crippen LogP contribution in [0.25, 0.3) is 11.5 Å². The fourth-order valence-corrected chi connectivity index (χ4v) is 1.66. The van der Waals surface area contributed by atoms with E-state index in [4.69, 9.17) is 11.5 Å². The quantitative estimate of drug-likeness (QED) is 0.273. The van der Waals surface area contributed by atoms with Crippen LogP contribution in [-0.2, 0) is 26.2 Å². The van der Waals surface area contributed by atoms with Crippen molar-refractivity contribution in [1.82, 2.24) is 0 Å². The summed E-state index contributed by atoms with van der Waals surface area (Å²) in [6.45, 7) is 0. The molecular weight excluding hydrogens is 459 g/mol. The predicted octanol–water partition coefficient (Wildman–Crippen LogP) is 7.91. The number of nitrogens with one attached hydrogen (secondary N) is 2. The third-order valence-corrected chi connectivity index (χ3v) is 3.03. The molecule has 0 atom stereocenters. The van der Waals surface area contributed by atoms with E-state index in [9.17, 15) is 17.6 Å². The summed E-state index contributed by atoms with van der Waals surface area (Å²) in [7, 11) is 0. The molecule has 0 aromatic heterocycles. The summed E-state index contributed by atoms with van der Waals surface area (Å²) in [5.74, 6) is -2.95. The van der Waals surface area contributed by atoms with Gasteiger partial charge in [0, 0.05) is 12.1 Å². The Morgan fingerprint density at radius 1 is 0.655 bits per heavy atom. The molecular formula is C22H18F4N2Zr. The van der Waals surface area contributed by atoms with Gasteiger partial charge < -0.3 is 11.5 Å². The summed E-state index contributed by atoms with van der Waals surface area (Å²) in [6, 6.07) is 5.61. The molecule has 0 unspecified atom stereocenters. The van der Waals surface area contributed by atoms with Gasteiger partial charge in [0.2, 0.25) is 0 Å². The van der Waals surface area contributed by atoms with E-state index in [2.05, 4.69) is 24.3 Å². The van der Waals surface area contributed by atoms with Crippen molar-refractivity contribution in [1.29, 1.82) is 0 Å². The molecule has 0 heterocycles. The van der Waals surface area contributed by atoms with E-state index in [0.29, 0.717) is 12.1 Å². The summed E-state index contributed by atoms with van der Waals surface area (Å²) >= 11 is 0. The summed E-state index contributed by atoms with van der Waals surface area (Å²) in [6.07, 6.45) is 20.0. The van der Waals surface area contributed by atoms with Gasteiger partial charge in [0.1, 0.15) is 23.3 Å². The molecule has 148 valence electrons. The van der Waals surface area contributed by atoms with Crippen LogP contribution < -0.4 is 0 Å². The zero-order valence-electron chi connectivity index (χ0n) is 15.4. The fourth-order valence-electron chi connectivity index (χ4n) is 1.66. The molecule has 0 bridgehead atoms. The van der Waals surface area contributed by atoms with Crippen molar-refractivity contribution in [2.24, 2.45) is 0 Å². The van der Waals surface area contributed by atoms with Crippen LogP contribution in [0.3, 0.4) is 0 Å². The Kier molecular flexibility index (Phi) is 14.2. The van der Waals surface area contributed by atoms with Gasteiger partial charge in [-0.3, -0.25) is 12.2 Å². The average molecular weight is 478 g/mol. The third kappa shape index (κ3) is 12.6. The largest absolute Gasteiger partial charge is 4.00 e. The molecule has 0 radical (unpaired) electrons. The first-order valence-corrected chi connectivity index (χ1v) is 8.17. The van der Waals surface area contributed by atoms with Crippen LogP contribution in [0.15, 0.2) is 72.9 Å². The van der Waals surface area contributed by atoms with E-state index in [-0.39, 0.29) is 37.6 Å². The molecule has 2 aromatic rings. The first-order chi connectivity index (χ1) is 13.4. The van der Waals surface area contributed by atoms with Crippen LogP contribution in [-0.4, -0.2) is 0 Å². The van der Waals surface area contributed by atoms with Crippen molar-refractivity contribution in [3.8, 4) is 0 Å². The SMILES string of the molecule is [C-]1=CC=CC1.[C-]1=CC=CC1.[NH-]c1ccc(F)cc1F.[NH-]c1ccc(F)cc1F.[Zr+4]. The van der Waals surface area contributed by atoms with Crippen molar-refractivity contribution in [2.75, 3.05) is 0 Å². The Labute approximate surface area is 187 Å². The van der Waals surface area contributed by atoms with Gasteiger partial charge in [0.25, 0.3) is 0 Å². The maximum atomic E-state index is 12.2. The van der Waals surface area contributed by atoms with Gasteiger partial charge in [0.05, 0.1) is 0 Å². The number of hydrogen-bond donors (Lipinski definition) is 0. The summed E-state index contributed by atoms with van der Waals surface area (Å²) < 4.78 is 48.4. The topological polar surface area (TPSA) is 47.6 Å². The van der Waals surface area contributed by atoms with E-state index in [1.54, 1.807) is 0 Å².